The number of carboxylic acids is 1. The van der Waals surface area contributed by atoms with Crippen LogP contribution in [-0.4, -0.2) is 79.2 Å². The lowest BCUT2D eigenvalue weighted by Gasteiger charge is -2.66. The molecule has 0 bridgehead atoms. The molecule has 9 nitrogen and oxygen atoms in total. The first kappa shape index (κ1) is 43.4. The van der Waals surface area contributed by atoms with E-state index < -0.39 is 47.3 Å². The largest absolute Gasteiger partial charge is 0.481 e. The molecule has 8 rings (SSSR count). The number of fused-ring (bicyclic) bond motifs is 10. The molecule has 5 unspecified atom stereocenters. The van der Waals surface area contributed by atoms with Crippen molar-refractivity contribution in [2.24, 2.45) is 92.2 Å². The number of esters is 1. The van der Waals surface area contributed by atoms with Gasteiger partial charge in [-0.25, -0.2) is 0 Å². The summed E-state index contributed by atoms with van der Waals surface area (Å²) in [5, 5.41) is 69.3. The summed E-state index contributed by atoms with van der Waals surface area (Å²) in [7, 11) is 0. The third-order valence-electron chi connectivity index (χ3n) is 21.4. The van der Waals surface area contributed by atoms with Crippen molar-refractivity contribution >= 4 is 11.9 Å². The summed E-state index contributed by atoms with van der Waals surface area (Å²) < 4.78 is 6.70. The highest BCUT2D eigenvalue weighted by Crippen LogP contribution is 2.73. The number of aliphatic carboxylic acids is 1. The van der Waals surface area contributed by atoms with E-state index in [-0.39, 0.29) is 94.4 Å². The third kappa shape index (κ3) is 6.20. The van der Waals surface area contributed by atoms with E-state index in [0.717, 1.165) is 44.9 Å². The summed E-state index contributed by atoms with van der Waals surface area (Å²) in [5.74, 6) is 1.01. The molecule has 0 saturated heterocycles. The van der Waals surface area contributed by atoms with E-state index in [0.29, 0.717) is 69.6 Å². The highest BCUT2D eigenvalue weighted by molar-refractivity contribution is 5.79. The number of aliphatic hydroxyl groups is 5. The lowest BCUT2D eigenvalue weighted by molar-refractivity contribution is -0.249. The maximum absolute atomic E-state index is 15.1. The van der Waals surface area contributed by atoms with Gasteiger partial charge in [0.25, 0.3) is 0 Å². The van der Waals surface area contributed by atoms with Gasteiger partial charge < -0.3 is 35.4 Å². The van der Waals surface area contributed by atoms with E-state index in [1.807, 2.05) is 0 Å². The Bertz CT molecular complexity index is 1550. The molecule has 22 atom stereocenters. The molecule has 0 spiro atoms. The molecule has 0 aliphatic heterocycles. The molecular weight excluding hydrogens is 733 g/mol. The first-order chi connectivity index (χ1) is 27.3. The normalized spacial score (nSPS) is 54.4. The van der Waals surface area contributed by atoms with Gasteiger partial charge in [-0.15, -0.1) is 0 Å². The second-order valence-corrected chi connectivity index (χ2v) is 23.3. The maximum atomic E-state index is 15.1. The minimum absolute atomic E-state index is 0.0104. The van der Waals surface area contributed by atoms with E-state index in [4.69, 9.17) is 4.74 Å². The fraction of sp³-hybridized carbons (Fsp3) is 0.959. The van der Waals surface area contributed by atoms with Crippen LogP contribution in [0.4, 0.5) is 0 Å². The van der Waals surface area contributed by atoms with Crippen molar-refractivity contribution in [1.29, 1.82) is 0 Å². The molecule has 8 saturated carbocycles. The number of hydrogen-bond acceptors (Lipinski definition) is 8. The van der Waals surface area contributed by atoms with Crippen molar-refractivity contribution in [3.63, 3.8) is 0 Å². The lowest BCUT2D eigenvalue weighted by atomic mass is 9.38. The Labute approximate surface area is 348 Å². The van der Waals surface area contributed by atoms with Gasteiger partial charge in [-0.2, -0.15) is 0 Å². The van der Waals surface area contributed by atoms with Gasteiger partial charge in [0.15, 0.2) is 0 Å². The molecule has 0 aromatic carbocycles. The van der Waals surface area contributed by atoms with E-state index in [1.54, 1.807) is 0 Å². The fourth-order valence-electron chi connectivity index (χ4n) is 18.3. The highest BCUT2D eigenvalue weighted by Gasteiger charge is 2.72. The van der Waals surface area contributed by atoms with Crippen LogP contribution in [0.25, 0.3) is 0 Å². The minimum Gasteiger partial charge on any atom is -0.481 e. The van der Waals surface area contributed by atoms with Crippen molar-refractivity contribution in [1.82, 2.24) is 0 Å². The molecule has 8 aliphatic rings. The topological polar surface area (TPSA) is 165 Å². The zero-order valence-electron chi connectivity index (χ0n) is 37.0. The van der Waals surface area contributed by atoms with Crippen LogP contribution >= 0.6 is 0 Å². The molecule has 330 valence electrons. The predicted molar refractivity (Wildman–Crippen MR) is 221 cm³/mol. The summed E-state index contributed by atoms with van der Waals surface area (Å²) >= 11 is 0. The van der Waals surface area contributed by atoms with Crippen LogP contribution in [0.15, 0.2) is 0 Å². The molecule has 0 aromatic heterocycles. The molecular formula is C49H80O9. The van der Waals surface area contributed by atoms with Crippen LogP contribution in [-0.2, 0) is 14.3 Å². The molecule has 0 aromatic rings. The van der Waals surface area contributed by atoms with E-state index in [1.165, 1.54) is 0 Å². The fourth-order valence-corrected chi connectivity index (χ4v) is 18.3. The van der Waals surface area contributed by atoms with Crippen LogP contribution in [0.5, 0.6) is 0 Å². The Morgan fingerprint density at radius 1 is 0.672 bits per heavy atom. The zero-order chi connectivity index (χ0) is 41.9. The average Bonchev–Trinajstić information content (AvgIpc) is 3.71. The van der Waals surface area contributed by atoms with Gasteiger partial charge in [0.2, 0.25) is 0 Å². The van der Waals surface area contributed by atoms with Crippen LogP contribution in [0.1, 0.15) is 164 Å². The van der Waals surface area contributed by atoms with Crippen molar-refractivity contribution in [2.45, 2.75) is 201 Å². The Balaban J connectivity index is 0.999. The maximum Gasteiger partial charge on any atom is 0.313 e. The smallest absolute Gasteiger partial charge is 0.313 e. The first-order valence-electron chi connectivity index (χ1n) is 24.1. The van der Waals surface area contributed by atoms with E-state index in [2.05, 4.69) is 48.5 Å². The summed E-state index contributed by atoms with van der Waals surface area (Å²) in [6, 6.07) is 0. The molecule has 9 heteroatoms. The number of carbonyl (C=O) groups excluding carboxylic acids is 1. The van der Waals surface area contributed by atoms with Gasteiger partial charge in [0, 0.05) is 6.42 Å². The number of aliphatic hydroxyl groups excluding tert-OH is 5. The Kier molecular flexibility index (Phi) is 11.4. The van der Waals surface area contributed by atoms with Gasteiger partial charge in [0.1, 0.15) is 6.10 Å². The molecule has 0 radical (unpaired) electrons. The van der Waals surface area contributed by atoms with Crippen molar-refractivity contribution in [2.75, 3.05) is 0 Å². The quantitative estimate of drug-likeness (QED) is 0.128. The second kappa shape index (κ2) is 15.2. The zero-order valence-corrected chi connectivity index (χ0v) is 37.0. The average molecular weight is 813 g/mol. The van der Waals surface area contributed by atoms with Crippen LogP contribution in [0.3, 0.4) is 0 Å². The Morgan fingerprint density at radius 3 is 1.86 bits per heavy atom. The summed E-state index contributed by atoms with van der Waals surface area (Å²) in [6.07, 6.45) is 9.73. The number of hydrogen-bond donors (Lipinski definition) is 6. The molecule has 8 aliphatic carbocycles. The Morgan fingerprint density at radius 2 is 1.26 bits per heavy atom. The number of ether oxygens (including phenoxy) is 1. The standard InChI is InChI=1S/C49H80O9/c1-8-9-26(2)31-11-14-34-43-36(23-40(54)47(31,34)6)46(5)19-16-29(50)24-49(46,25-38(43)52)44(57)58-30-17-18-45(4)28(20-30)21-37(51)42-33-13-12-32(27(3)10-15-41(55)56)48(33,7)39(53)22-35(42)45/h26-40,42-43,50-54H,8-25H2,1-7H3,(H,55,56)/t26-,27-,28+,29-,30-,31-,32-,33+,34?,35+,36?,37-,38?,39+,40+,42+,43?,45+,46-,47-,48-,49?/m1/s1. The Hall–Kier alpha value is -1.26. The number of carboxylic acid groups (broad SMARTS) is 1. The van der Waals surface area contributed by atoms with E-state index >= 15 is 4.79 Å². The molecule has 6 N–H and O–H groups in total. The molecule has 58 heavy (non-hydrogen) atoms. The number of rotatable bonds is 9. The minimum atomic E-state index is -1.04. The van der Waals surface area contributed by atoms with Gasteiger partial charge in [-0.3, -0.25) is 9.59 Å². The summed E-state index contributed by atoms with van der Waals surface area (Å²) in [4.78, 5) is 26.5. The lowest BCUT2D eigenvalue weighted by Crippen LogP contribution is -2.68. The summed E-state index contributed by atoms with van der Waals surface area (Å²) in [5.41, 5.74) is -2.27. The van der Waals surface area contributed by atoms with Crippen molar-refractivity contribution in [3.05, 3.63) is 0 Å². The van der Waals surface area contributed by atoms with E-state index in [9.17, 15) is 35.4 Å². The van der Waals surface area contributed by atoms with Gasteiger partial charge in [0.05, 0.1) is 35.9 Å². The number of carbonyl (C=O) groups is 2. The monoisotopic (exact) mass is 813 g/mol. The van der Waals surface area contributed by atoms with Gasteiger partial charge in [-0.05, 0) is 183 Å². The molecule has 0 amide bonds. The van der Waals surface area contributed by atoms with Crippen molar-refractivity contribution < 1.29 is 45.0 Å². The highest BCUT2D eigenvalue weighted by atomic mass is 16.5. The third-order valence-corrected chi connectivity index (χ3v) is 21.4. The van der Waals surface area contributed by atoms with Crippen LogP contribution in [0, 0.1) is 92.2 Å². The molecule has 8 fully saturated rings. The van der Waals surface area contributed by atoms with Crippen LogP contribution < -0.4 is 0 Å². The van der Waals surface area contributed by atoms with Crippen molar-refractivity contribution in [3.8, 4) is 0 Å². The van der Waals surface area contributed by atoms with Gasteiger partial charge >= 0.3 is 11.9 Å². The summed E-state index contributed by atoms with van der Waals surface area (Å²) in [6.45, 7) is 15.8. The van der Waals surface area contributed by atoms with Gasteiger partial charge in [-0.1, -0.05) is 61.3 Å². The second-order valence-electron chi connectivity index (χ2n) is 23.3. The SMILES string of the molecule is CCC[C@@H](C)[C@H]1CCC2C3C(O)CC4(C(=O)O[C@@H]5CC[C@@]6(C)[C@@H](C5)C[C@@H](O)[C@@H]5[C@@H]6C[C@H](O)[C@]6(C)[C@@H]([C@H](C)CCC(=O)O)CC[C@@H]56)C[C@H](O)CC[C@]4(C)C3C[C@H](O)[C@@]21C. The predicted octanol–water partition coefficient (Wildman–Crippen LogP) is 7.77. The molecule has 0 heterocycles. The van der Waals surface area contributed by atoms with Crippen LogP contribution in [0.2, 0.25) is 0 Å². The first-order valence-corrected chi connectivity index (χ1v) is 24.1.